The molecule has 0 atom stereocenters. The number of carbonyl (C=O) groups is 1. The van der Waals surface area contributed by atoms with Gasteiger partial charge in [-0.3, -0.25) is 0 Å². The Balaban J connectivity index is 2.86. The molecule has 2 rings (SSSR count). The maximum Gasteiger partial charge on any atom is 0.339 e. The van der Waals surface area contributed by atoms with E-state index in [-0.39, 0.29) is 5.56 Å². The zero-order chi connectivity index (χ0) is 10.3. The van der Waals surface area contributed by atoms with Crippen LogP contribution in [-0.2, 0) is 0 Å². The van der Waals surface area contributed by atoms with E-state index in [1.807, 2.05) is 0 Å². The summed E-state index contributed by atoms with van der Waals surface area (Å²) < 4.78 is 5.28. The third-order valence-corrected chi connectivity index (χ3v) is 2.28. The Kier molecular flexibility index (Phi) is 1.97. The van der Waals surface area contributed by atoms with Crippen molar-refractivity contribution in [2.24, 2.45) is 0 Å². The first-order valence-corrected chi connectivity index (χ1v) is 4.39. The smallest absolute Gasteiger partial charge is 0.339 e. The first kappa shape index (κ1) is 9.09. The number of carboxylic acid groups (broad SMARTS) is 1. The Hall–Kier alpha value is -1.48. The first-order valence-electron chi connectivity index (χ1n) is 4.01. The first-order chi connectivity index (χ1) is 6.59. The highest BCUT2D eigenvalue weighted by molar-refractivity contribution is 6.31. The molecule has 0 saturated heterocycles. The second-order valence-corrected chi connectivity index (χ2v) is 3.42. The lowest BCUT2D eigenvalue weighted by Gasteiger charge is -1.91. The Bertz CT molecular complexity index is 513. The molecule has 0 bridgehead atoms. The van der Waals surface area contributed by atoms with Crippen LogP contribution in [0.25, 0.3) is 11.0 Å². The van der Waals surface area contributed by atoms with Gasteiger partial charge in [0.2, 0.25) is 0 Å². The fourth-order valence-electron chi connectivity index (χ4n) is 1.46. The number of hydrogen-bond acceptors (Lipinski definition) is 2. The van der Waals surface area contributed by atoms with Crippen molar-refractivity contribution in [3.05, 3.63) is 34.5 Å². The lowest BCUT2D eigenvalue weighted by molar-refractivity contribution is 0.0697. The van der Waals surface area contributed by atoms with Gasteiger partial charge in [-0.05, 0) is 25.1 Å². The van der Waals surface area contributed by atoms with Gasteiger partial charge >= 0.3 is 5.97 Å². The molecule has 4 heteroatoms. The number of aryl methyl sites for hydroxylation is 1. The number of rotatable bonds is 1. The number of hydrogen-bond donors (Lipinski definition) is 1. The molecule has 2 aromatic rings. The normalized spacial score (nSPS) is 10.7. The van der Waals surface area contributed by atoms with Gasteiger partial charge in [-0.2, -0.15) is 0 Å². The zero-order valence-corrected chi connectivity index (χ0v) is 8.13. The Labute approximate surface area is 84.9 Å². The average molecular weight is 211 g/mol. The van der Waals surface area contributed by atoms with Crippen molar-refractivity contribution >= 4 is 28.5 Å². The minimum Gasteiger partial charge on any atom is -0.478 e. The monoisotopic (exact) mass is 210 g/mol. The van der Waals surface area contributed by atoms with Crippen molar-refractivity contribution in [2.75, 3.05) is 0 Å². The lowest BCUT2D eigenvalue weighted by atomic mass is 10.1. The van der Waals surface area contributed by atoms with Crippen LogP contribution in [0.1, 0.15) is 16.1 Å². The van der Waals surface area contributed by atoms with Crippen LogP contribution in [0.15, 0.2) is 22.6 Å². The largest absolute Gasteiger partial charge is 0.478 e. The fourth-order valence-corrected chi connectivity index (χ4v) is 1.63. The van der Waals surface area contributed by atoms with Crippen LogP contribution in [0, 0.1) is 6.92 Å². The minimum absolute atomic E-state index is 0.183. The topological polar surface area (TPSA) is 50.4 Å². The molecule has 0 amide bonds. The predicted octanol–water partition coefficient (Wildman–Crippen LogP) is 3.09. The van der Waals surface area contributed by atoms with E-state index in [2.05, 4.69) is 0 Å². The van der Waals surface area contributed by atoms with Gasteiger partial charge in [0, 0.05) is 10.4 Å². The molecule has 0 radical (unpaired) electrons. The lowest BCUT2D eigenvalue weighted by Crippen LogP contribution is -1.96. The molecule has 1 heterocycles. The number of benzene rings is 1. The molecule has 0 aliphatic rings. The molecule has 1 N–H and O–H groups in total. The van der Waals surface area contributed by atoms with E-state index in [1.54, 1.807) is 25.1 Å². The molecular weight excluding hydrogens is 204 g/mol. The summed E-state index contributed by atoms with van der Waals surface area (Å²) in [5.74, 6) is -0.599. The number of halogens is 1. The summed E-state index contributed by atoms with van der Waals surface area (Å²) in [5, 5.41) is 9.99. The summed E-state index contributed by atoms with van der Waals surface area (Å²) in [6.07, 6.45) is 0. The van der Waals surface area contributed by atoms with Crippen LogP contribution in [0.5, 0.6) is 0 Å². The van der Waals surface area contributed by atoms with Crippen LogP contribution < -0.4 is 0 Å². The van der Waals surface area contributed by atoms with Crippen molar-refractivity contribution in [2.45, 2.75) is 6.92 Å². The van der Waals surface area contributed by atoms with E-state index < -0.39 is 5.97 Å². The molecule has 14 heavy (non-hydrogen) atoms. The van der Waals surface area contributed by atoms with Gasteiger partial charge < -0.3 is 9.52 Å². The molecule has 1 aromatic carbocycles. The predicted molar refractivity (Wildman–Crippen MR) is 52.9 cm³/mol. The SMILES string of the molecule is Cc1oc2ccc(Cl)cc2c1C(=O)O. The summed E-state index contributed by atoms with van der Waals surface area (Å²) in [6.45, 7) is 1.62. The molecule has 3 nitrogen and oxygen atoms in total. The van der Waals surface area contributed by atoms with Crippen LogP contribution >= 0.6 is 11.6 Å². The number of fused-ring (bicyclic) bond motifs is 1. The zero-order valence-electron chi connectivity index (χ0n) is 7.37. The molecule has 0 aliphatic heterocycles. The second-order valence-electron chi connectivity index (χ2n) is 2.98. The van der Waals surface area contributed by atoms with Gasteiger partial charge in [0.1, 0.15) is 16.9 Å². The molecule has 0 unspecified atom stereocenters. The van der Waals surface area contributed by atoms with E-state index in [9.17, 15) is 4.79 Å². The number of furan rings is 1. The Morgan fingerprint density at radius 3 is 2.86 bits per heavy atom. The van der Waals surface area contributed by atoms with Crippen LogP contribution in [0.4, 0.5) is 0 Å². The van der Waals surface area contributed by atoms with Crippen molar-refractivity contribution in [1.82, 2.24) is 0 Å². The Morgan fingerprint density at radius 1 is 1.50 bits per heavy atom. The van der Waals surface area contributed by atoms with Gasteiger partial charge in [-0.25, -0.2) is 4.79 Å². The molecular formula is C10H7ClO3. The van der Waals surface area contributed by atoms with E-state index in [0.29, 0.717) is 21.8 Å². The van der Waals surface area contributed by atoms with Crippen molar-refractivity contribution in [1.29, 1.82) is 0 Å². The van der Waals surface area contributed by atoms with Gasteiger partial charge in [-0.1, -0.05) is 11.6 Å². The van der Waals surface area contributed by atoms with E-state index >= 15 is 0 Å². The van der Waals surface area contributed by atoms with Gasteiger partial charge in [0.05, 0.1) is 0 Å². The summed E-state index contributed by atoms with van der Waals surface area (Å²) in [5.41, 5.74) is 0.729. The second kappa shape index (κ2) is 3.03. The van der Waals surface area contributed by atoms with E-state index in [1.165, 1.54) is 0 Å². The summed E-state index contributed by atoms with van der Waals surface area (Å²) in [7, 11) is 0. The summed E-state index contributed by atoms with van der Waals surface area (Å²) >= 11 is 5.77. The maximum atomic E-state index is 10.9. The van der Waals surface area contributed by atoms with Crippen LogP contribution in [0.3, 0.4) is 0 Å². The minimum atomic E-state index is -0.997. The highest BCUT2D eigenvalue weighted by Crippen LogP contribution is 2.27. The molecule has 0 saturated carbocycles. The number of carboxylic acids is 1. The summed E-state index contributed by atoms with van der Waals surface area (Å²) in [6, 6.07) is 4.92. The Morgan fingerprint density at radius 2 is 2.21 bits per heavy atom. The van der Waals surface area contributed by atoms with Crippen molar-refractivity contribution in [3.8, 4) is 0 Å². The molecule has 0 aliphatic carbocycles. The van der Waals surface area contributed by atoms with Gasteiger partial charge in [-0.15, -0.1) is 0 Å². The quantitative estimate of drug-likeness (QED) is 0.787. The van der Waals surface area contributed by atoms with E-state index in [4.69, 9.17) is 21.1 Å². The van der Waals surface area contributed by atoms with E-state index in [0.717, 1.165) is 0 Å². The van der Waals surface area contributed by atoms with Crippen molar-refractivity contribution < 1.29 is 14.3 Å². The van der Waals surface area contributed by atoms with Gasteiger partial charge in [0.25, 0.3) is 0 Å². The molecule has 72 valence electrons. The van der Waals surface area contributed by atoms with Crippen molar-refractivity contribution in [3.63, 3.8) is 0 Å². The van der Waals surface area contributed by atoms with Crippen LogP contribution in [0.2, 0.25) is 5.02 Å². The highest BCUT2D eigenvalue weighted by Gasteiger charge is 2.16. The molecule has 0 fully saturated rings. The summed E-state index contributed by atoms with van der Waals surface area (Å²) in [4.78, 5) is 10.9. The van der Waals surface area contributed by atoms with Crippen LogP contribution in [-0.4, -0.2) is 11.1 Å². The third kappa shape index (κ3) is 1.26. The standard InChI is InChI=1S/C10H7ClO3/c1-5-9(10(12)13)7-4-6(11)2-3-8(7)14-5/h2-4H,1H3,(H,12,13). The maximum absolute atomic E-state index is 10.9. The fraction of sp³-hybridized carbons (Fsp3) is 0.100. The van der Waals surface area contributed by atoms with Gasteiger partial charge in [0.15, 0.2) is 0 Å². The average Bonchev–Trinajstić information content (AvgIpc) is 2.40. The highest BCUT2D eigenvalue weighted by atomic mass is 35.5. The third-order valence-electron chi connectivity index (χ3n) is 2.04. The number of aromatic carboxylic acids is 1. The molecule has 0 spiro atoms. The molecule has 1 aromatic heterocycles.